The largest absolute Gasteiger partial charge is 0.428 e. The average Bonchev–Trinajstić information content (AvgIpc) is 2.26. The van der Waals surface area contributed by atoms with Crippen LogP contribution in [0.4, 0.5) is 18.9 Å². The molecular formula is C12H8Cl3F3N2. The quantitative estimate of drug-likeness (QED) is 0.699. The fourth-order valence-corrected chi connectivity index (χ4v) is 2.50. The Kier molecular flexibility index (Phi) is 5.20. The van der Waals surface area contributed by atoms with Crippen LogP contribution in [0, 0.1) is 11.3 Å². The summed E-state index contributed by atoms with van der Waals surface area (Å²) in [5.41, 5.74) is -0.374. The minimum atomic E-state index is -4.81. The molecule has 0 unspecified atom stereocenters. The molecule has 0 aliphatic rings. The fraction of sp³-hybridized carbons (Fsp3) is 0.250. The van der Waals surface area contributed by atoms with E-state index in [9.17, 15) is 13.2 Å². The number of allylic oxidation sites excluding steroid dienone is 2. The van der Waals surface area contributed by atoms with E-state index >= 15 is 0 Å². The molecule has 1 aromatic rings. The summed E-state index contributed by atoms with van der Waals surface area (Å²) in [6.45, 7) is 0. The Morgan fingerprint density at radius 1 is 1.20 bits per heavy atom. The smallest absolute Gasteiger partial charge is 0.375 e. The van der Waals surface area contributed by atoms with Crippen LogP contribution in [-0.2, 0) is 0 Å². The third kappa shape index (κ3) is 3.51. The Morgan fingerprint density at radius 2 is 1.65 bits per heavy atom. The van der Waals surface area contributed by atoms with Crippen LogP contribution in [0.15, 0.2) is 17.2 Å². The lowest BCUT2D eigenvalue weighted by atomic mass is 10.1. The van der Waals surface area contributed by atoms with Crippen LogP contribution in [0.5, 0.6) is 0 Å². The standard InChI is InChI=1S/C12H8Cl3F3N2/c1-20(2)10-8(13)3-6(4-9(10)14)7(5-19)11(15)12(16,17)18/h3-4H,1-2H3/b11-7+. The molecule has 0 heterocycles. The maximum absolute atomic E-state index is 12.6. The van der Waals surface area contributed by atoms with Crippen molar-refractivity contribution < 1.29 is 13.2 Å². The maximum Gasteiger partial charge on any atom is 0.428 e. The van der Waals surface area contributed by atoms with Crippen LogP contribution in [0.1, 0.15) is 5.56 Å². The van der Waals surface area contributed by atoms with Gasteiger partial charge in [-0.1, -0.05) is 34.8 Å². The van der Waals surface area contributed by atoms with E-state index in [0.29, 0.717) is 5.69 Å². The van der Waals surface area contributed by atoms with E-state index in [-0.39, 0.29) is 15.6 Å². The molecule has 0 amide bonds. The summed E-state index contributed by atoms with van der Waals surface area (Å²) in [7, 11) is 3.35. The number of alkyl halides is 3. The number of rotatable bonds is 2. The normalized spacial score (nSPS) is 12.8. The first kappa shape index (κ1) is 17.0. The number of nitriles is 1. The lowest BCUT2D eigenvalue weighted by molar-refractivity contribution is -0.0839. The highest BCUT2D eigenvalue weighted by atomic mass is 35.5. The summed E-state index contributed by atoms with van der Waals surface area (Å²) in [4.78, 5) is 1.61. The van der Waals surface area contributed by atoms with Crippen molar-refractivity contribution in [3.63, 3.8) is 0 Å². The summed E-state index contributed by atoms with van der Waals surface area (Å²) >= 11 is 17.1. The van der Waals surface area contributed by atoms with Gasteiger partial charge in [0.25, 0.3) is 0 Å². The molecule has 0 aliphatic heterocycles. The molecule has 0 fully saturated rings. The molecule has 20 heavy (non-hydrogen) atoms. The first-order valence-corrected chi connectivity index (χ1v) is 6.26. The first-order valence-electron chi connectivity index (χ1n) is 5.13. The molecule has 1 aromatic carbocycles. The highest BCUT2D eigenvalue weighted by Crippen LogP contribution is 2.39. The van der Waals surface area contributed by atoms with E-state index in [1.807, 2.05) is 0 Å². The van der Waals surface area contributed by atoms with E-state index in [1.165, 1.54) is 18.2 Å². The zero-order valence-electron chi connectivity index (χ0n) is 10.3. The molecule has 0 saturated heterocycles. The number of hydrogen-bond acceptors (Lipinski definition) is 2. The lowest BCUT2D eigenvalue weighted by Crippen LogP contribution is -2.11. The van der Waals surface area contributed by atoms with Crippen molar-refractivity contribution in [1.82, 2.24) is 0 Å². The number of benzene rings is 1. The molecule has 0 spiro atoms. The van der Waals surface area contributed by atoms with Gasteiger partial charge in [0, 0.05) is 14.1 Å². The Hall–Kier alpha value is -1.09. The summed E-state index contributed by atoms with van der Waals surface area (Å²) in [6, 6.07) is 3.86. The average molecular weight is 344 g/mol. The molecule has 1 rings (SSSR count). The van der Waals surface area contributed by atoms with Crippen LogP contribution >= 0.6 is 34.8 Å². The summed E-state index contributed by atoms with van der Waals surface area (Å²) in [5.74, 6) is 0. The molecule has 0 bridgehead atoms. The zero-order chi connectivity index (χ0) is 15.7. The van der Waals surface area contributed by atoms with E-state index in [0.717, 1.165) is 0 Å². The maximum atomic E-state index is 12.6. The second-order valence-electron chi connectivity index (χ2n) is 3.98. The van der Waals surface area contributed by atoms with Gasteiger partial charge in [0.15, 0.2) is 0 Å². The van der Waals surface area contributed by atoms with E-state index in [2.05, 4.69) is 0 Å². The van der Waals surface area contributed by atoms with Crippen molar-refractivity contribution in [2.75, 3.05) is 19.0 Å². The molecule has 0 radical (unpaired) electrons. The minimum absolute atomic E-state index is 0.0876. The van der Waals surface area contributed by atoms with Gasteiger partial charge in [0.1, 0.15) is 11.1 Å². The van der Waals surface area contributed by atoms with Gasteiger partial charge in [0.2, 0.25) is 0 Å². The molecule has 2 nitrogen and oxygen atoms in total. The van der Waals surface area contributed by atoms with Crippen molar-refractivity contribution in [1.29, 1.82) is 5.26 Å². The molecule has 0 N–H and O–H groups in total. The van der Waals surface area contributed by atoms with Crippen LogP contribution in [-0.4, -0.2) is 20.3 Å². The predicted molar refractivity (Wildman–Crippen MR) is 75.2 cm³/mol. The second kappa shape index (κ2) is 6.13. The molecule has 0 saturated carbocycles. The van der Waals surface area contributed by atoms with E-state index < -0.39 is 16.8 Å². The van der Waals surface area contributed by atoms with E-state index in [1.54, 1.807) is 19.0 Å². The minimum Gasteiger partial charge on any atom is -0.375 e. The third-order valence-corrected chi connectivity index (χ3v) is 3.31. The summed E-state index contributed by atoms with van der Waals surface area (Å²) < 4.78 is 37.7. The fourth-order valence-electron chi connectivity index (χ4n) is 1.52. The van der Waals surface area contributed by atoms with E-state index in [4.69, 9.17) is 40.1 Å². The number of halogens is 6. The van der Waals surface area contributed by atoms with Gasteiger partial charge < -0.3 is 4.90 Å². The van der Waals surface area contributed by atoms with Gasteiger partial charge in [-0.2, -0.15) is 18.4 Å². The number of nitrogens with zero attached hydrogens (tertiary/aromatic N) is 2. The second-order valence-corrected chi connectivity index (χ2v) is 5.17. The van der Waals surface area contributed by atoms with Crippen molar-refractivity contribution in [2.24, 2.45) is 0 Å². The van der Waals surface area contributed by atoms with Crippen molar-refractivity contribution >= 4 is 46.1 Å². The van der Waals surface area contributed by atoms with Crippen molar-refractivity contribution in [2.45, 2.75) is 6.18 Å². The van der Waals surface area contributed by atoms with Gasteiger partial charge in [-0.3, -0.25) is 0 Å². The third-order valence-electron chi connectivity index (χ3n) is 2.33. The zero-order valence-corrected chi connectivity index (χ0v) is 12.6. The predicted octanol–water partition coefficient (Wildman–Crippen LogP) is 5.10. The summed E-state index contributed by atoms with van der Waals surface area (Å²) in [6.07, 6.45) is -4.81. The topological polar surface area (TPSA) is 27.0 Å². The molecule has 0 atom stereocenters. The van der Waals surface area contributed by atoms with Crippen molar-refractivity contribution in [3.05, 3.63) is 32.8 Å². The molecule has 0 aliphatic carbocycles. The van der Waals surface area contributed by atoms with Gasteiger partial charge in [-0.05, 0) is 17.7 Å². The van der Waals surface area contributed by atoms with Gasteiger partial charge in [-0.15, -0.1) is 0 Å². The SMILES string of the molecule is CN(C)c1c(Cl)cc(/C(C#N)=C(/Cl)C(F)(F)F)cc1Cl. The van der Waals surface area contributed by atoms with Crippen molar-refractivity contribution in [3.8, 4) is 6.07 Å². The van der Waals surface area contributed by atoms with Crippen LogP contribution in [0.2, 0.25) is 10.0 Å². The Bertz CT molecular complexity index is 578. The number of anilines is 1. The van der Waals surface area contributed by atoms with Crippen LogP contribution in [0.25, 0.3) is 5.57 Å². The summed E-state index contributed by atoms with van der Waals surface area (Å²) in [5, 5.41) is 7.62. The molecule has 0 aromatic heterocycles. The monoisotopic (exact) mass is 342 g/mol. The number of hydrogen-bond donors (Lipinski definition) is 0. The van der Waals surface area contributed by atoms with Gasteiger partial charge >= 0.3 is 6.18 Å². The Balaban J connectivity index is 3.53. The highest BCUT2D eigenvalue weighted by molar-refractivity contribution is 6.40. The van der Waals surface area contributed by atoms with Crippen LogP contribution in [0.3, 0.4) is 0 Å². The molecule has 108 valence electrons. The Labute approximate surface area is 128 Å². The molecule has 8 heteroatoms. The van der Waals surface area contributed by atoms with Crippen LogP contribution < -0.4 is 4.90 Å². The Morgan fingerprint density at radius 3 is 1.95 bits per heavy atom. The first-order chi connectivity index (χ1) is 9.09. The molecular weight excluding hydrogens is 335 g/mol. The van der Waals surface area contributed by atoms with Gasteiger partial charge in [0.05, 0.1) is 21.3 Å². The highest BCUT2D eigenvalue weighted by Gasteiger charge is 2.36. The van der Waals surface area contributed by atoms with Gasteiger partial charge in [-0.25, -0.2) is 0 Å². The lowest BCUT2D eigenvalue weighted by Gasteiger charge is -2.17.